The van der Waals surface area contributed by atoms with Gasteiger partial charge in [-0.2, -0.15) is 13.2 Å². The molecule has 0 atom stereocenters. The van der Waals surface area contributed by atoms with Gasteiger partial charge in [0, 0.05) is 16.8 Å². The number of benzene rings is 2. The van der Waals surface area contributed by atoms with E-state index in [2.05, 4.69) is 5.32 Å². The topological polar surface area (TPSA) is 52.0 Å². The molecule has 0 saturated heterocycles. The second-order valence-corrected chi connectivity index (χ2v) is 4.40. The molecule has 0 aliphatic carbocycles. The van der Waals surface area contributed by atoms with E-state index >= 15 is 0 Å². The van der Waals surface area contributed by atoms with Crippen LogP contribution in [0.2, 0.25) is 0 Å². The summed E-state index contributed by atoms with van der Waals surface area (Å²) >= 11 is 0. The fraction of sp³-hybridized carbons (Fsp3) is 0.133. The van der Waals surface area contributed by atoms with Crippen LogP contribution in [0.15, 0.2) is 48.5 Å². The molecule has 0 unspecified atom stereocenters. The molecular weight excluding hydrogens is 283 g/mol. The lowest BCUT2D eigenvalue weighted by Crippen LogP contribution is -2.12. The Hall–Kier alpha value is -2.34. The Bertz CT molecular complexity index is 619. The van der Waals surface area contributed by atoms with Gasteiger partial charge in [-0.3, -0.25) is 4.79 Å². The van der Waals surface area contributed by atoms with Crippen LogP contribution in [0.5, 0.6) is 0 Å². The zero-order chi connectivity index (χ0) is 15.5. The molecule has 0 spiro atoms. The van der Waals surface area contributed by atoms with Crippen LogP contribution in [-0.4, -0.2) is 11.0 Å². The maximum atomic E-state index is 12.4. The number of hydrogen-bond donors (Lipinski definition) is 1. The minimum absolute atomic E-state index is 0.146. The van der Waals surface area contributed by atoms with Crippen LogP contribution >= 0.6 is 0 Å². The first-order chi connectivity index (χ1) is 9.90. The molecule has 0 fully saturated rings. The van der Waals surface area contributed by atoms with Crippen LogP contribution in [0.4, 0.5) is 18.9 Å². The van der Waals surface area contributed by atoms with Crippen LogP contribution in [0.25, 0.3) is 0 Å². The van der Waals surface area contributed by atoms with Crippen molar-refractivity contribution in [3.63, 3.8) is 0 Å². The highest BCUT2D eigenvalue weighted by Crippen LogP contribution is 2.29. The average molecular weight is 296 g/mol. The smallest absolute Gasteiger partial charge is 0.416 e. The molecule has 0 aromatic heterocycles. The maximum Gasteiger partial charge on any atom is 0.416 e. The molecule has 3 N–H and O–H groups in total. The van der Waals surface area contributed by atoms with Gasteiger partial charge in [0.05, 0.1) is 5.56 Å². The lowest BCUT2D eigenvalue weighted by molar-refractivity contribution is -0.137. The Morgan fingerprint density at radius 1 is 1.00 bits per heavy atom. The molecule has 0 aliphatic heterocycles. The summed E-state index contributed by atoms with van der Waals surface area (Å²) in [5, 5.41) is 9.77. The fourth-order valence-corrected chi connectivity index (χ4v) is 1.72. The van der Waals surface area contributed by atoms with Crippen LogP contribution in [-0.2, 0) is 12.8 Å². The maximum absolute atomic E-state index is 12.4. The van der Waals surface area contributed by atoms with Gasteiger partial charge < -0.3 is 10.4 Å². The van der Waals surface area contributed by atoms with Crippen molar-refractivity contribution < 1.29 is 23.1 Å². The summed E-state index contributed by atoms with van der Waals surface area (Å²) in [5.74, 6) is -0.484. The van der Waals surface area contributed by atoms with E-state index in [4.69, 9.17) is 5.11 Å². The first-order valence-corrected chi connectivity index (χ1v) is 6.12. The van der Waals surface area contributed by atoms with Crippen molar-refractivity contribution in [1.82, 2.24) is 0 Å². The number of anilines is 1. The van der Waals surface area contributed by atoms with Crippen LogP contribution in [0, 0.1) is 0 Å². The van der Waals surface area contributed by atoms with Crippen molar-refractivity contribution in [3.05, 3.63) is 65.2 Å². The Kier molecular flexibility index (Phi) is 4.28. The van der Waals surface area contributed by atoms with Gasteiger partial charge >= 0.3 is 6.18 Å². The molecule has 2 rings (SSSR count). The molecule has 0 heterocycles. The van der Waals surface area contributed by atoms with Crippen LogP contribution in [0.3, 0.4) is 0 Å². The summed E-state index contributed by atoms with van der Waals surface area (Å²) in [7, 11) is 0. The van der Waals surface area contributed by atoms with Gasteiger partial charge in [-0.1, -0.05) is 0 Å². The van der Waals surface area contributed by atoms with E-state index in [1.165, 1.54) is 0 Å². The summed E-state index contributed by atoms with van der Waals surface area (Å²) in [6, 6.07) is 10.7. The fourth-order valence-electron chi connectivity index (χ4n) is 1.72. The van der Waals surface area contributed by atoms with Crippen molar-refractivity contribution in [2.24, 2.45) is 0 Å². The molecule has 6 heteroatoms. The molecule has 2 aromatic carbocycles. The number of alkyl halides is 3. The Balaban J connectivity index is 2.09. The number of rotatable bonds is 3. The van der Waals surface area contributed by atoms with Gasteiger partial charge in [-0.15, -0.1) is 0 Å². The minimum atomic E-state index is -4.42. The third-order valence-electron chi connectivity index (χ3n) is 2.89. The van der Waals surface area contributed by atoms with E-state index in [1.54, 1.807) is 24.3 Å². The standard InChI is InChI=1S/C15H12F3NO2/c16-15(17,18)12-5-3-11(4-6-12)14(21)19-13-7-1-10(9-20)2-8-13/h1-8,20H,9H2,(H,19,21)/p+1. The van der Waals surface area contributed by atoms with Gasteiger partial charge in [-0.05, 0) is 48.5 Å². The van der Waals surface area contributed by atoms with Crippen LogP contribution in [0.1, 0.15) is 21.5 Å². The average Bonchev–Trinajstić information content (AvgIpc) is 2.47. The molecule has 0 aliphatic rings. The predicted octanol–water partition coefficient (Wildman–Crippen LogP) is 3.18. The molecular formula is C15H13F3NO2+. The van der Waals surface area contributed by atoms with E-state index in [0.29, 0.717) is 5.69 Å². The van der Waals surface area contributed by atoms with Crippen LogP contribution < -0.4 is 5.32 Å². The van der Waals surface area contributed by atoms with Crippen molar-refractivity contribution in [1.29, 1.82) is 0 Å². The molecule has 0 saturated carbocycles. The van der Waals surface area contributed by atoms with E-state index in [9.17, 15) is 18.0 Å². The molecule has 3 nitrogen and oxygen atoms in total. The van der Waals surface area contributed by atoms with E-state index in [-0.39, 0.29) is 12.2 Å². The largest absolute Gasteiger partial charge is 0.442 e. The number of carbonyl (C=O) groups is 1. The lowest BCUT2D eigenvalue weighted by Gasteiger charge is -2.08. The van der Waals surface area contributed by atoms with Gasteiger partial charge in [-0.25, -0.2) is 0 Å². The molecule has 1 amide bonds. The second kappa shape index (κ2) is 5.97. The first kappa shape index (κ1) is 15.1. The number of carbonyl (C=O) groups excluding carboxylic acids is 1. The highest BCUT2D eigenvalue weighted by atomic mass is 19.4. The van der Waals surface area contributed by atoms with Gasteiger partial charge in [0.25, 0.3) is 5.91 Å². The highest BCUT2D eigenvalue weighted by Gasteiger charge is 2.30. The van der Waals surface area contributed by atoms with Crippen molar-refractivity contribution in [2.75, 3.05) is 5.32 Å². The summed E-state index contributed by atoms with van der Waals surface area (Å²) in [6.07, 6.45) is -4.42. The van der Waals surface area contributed by atoms with Crippen molar-refractivity contribution in [3.8, 4) is 0 Å². The zero-order valence-corrected chi connectivity index (χ0v) is 10.9. The van der Waals surface area contributed by atoms with Gasteiger partial charge in [0.2, 0.25) is 0 Å². The Morgan fingerprint density at radius 3 is 2.05 bits per heavy atom. The molecule has 110 valence electrons. The summed E-state index contributed by atoms with van der Waals surface area (Å²) in [4.78, 5) is 11.9. The molecule has 21 heavy (non-hydrogen) atoms. The lowest BCUT2D eigenvalue weighted by atomic mass is 10.1. The number of amides is 1. The van der Waals surface area contributed by atoms with Crippen molar-refractivity contribution >= 4 is 11.6 Å². The third kappa shape index (κ3) is 3.82. The molecule has 2 aromatic rings. The SMILES string of the molecule is O=C(Nc1ccc(C[OH2+])cc1)c1ccc(C(F)(F)F)cc1. The normalized spacial score (nSPS) is 11.2. The third-order valence-corrected chi connectivity index (χ3v) is 2.89. The Morgan fingerprint density at radius 2 is 1.57 bits per heavy atom. The predicted molar refractivity (Wildman–Crippen MR) is 73.2 cm³/mol. The van der Waals surface area contributed by atoms with Gasteiger partial charge in [0.15, 0.2) is 6.61 Å². The van der Waals surface area contributed by atoms with Gasteiger partial charge in [0.1, 0.15) is 0 Å². The number of nitrogens with one attached hydrogen (secondary N) is 1. The quantitative estimate of drug-likeness (QED) is 0.869. The van der Waals surface area contributed by atoms with E-state index < -0.39 is 17.6 Å². The van der Waals surface area contributed by atoms with E-state index in [0.717, 1.165) is 29.8 Å². The van der Waals surface area contributed by atoms with Crippen molar-refractivity contribution in [2.45, 2.75) is 12.8 Å². The molecule has 0 radical (unpaired) electrons. The second-order valence-electron chi connectivity index (χ2n) is 4.40. The summed E-state index contributed by atoms with van der Waals surface area (Å²) in [6.45, 7) is 0.146. The highest BCUT2D eigenvalue weighted by molar-refractivity contribution is 6.04. The summed E-state index contributed by atoms with van der Waals surface area (Å²) in [5.41, 5.74) is 0.686. The Labute approximate surface area is 119 Å². The monoisotopic (exact) mass is 296 g/mol. The number of hydrogen-bond acceptors (Lipinski definition) is 1. The van der Waals surface area contributed by atoms with E-state index in [1.807, 2.05) is 0 Å². The first-order valence-electron chi connectivity index (χ1n) is 6.12. The summed E-state index contributed by atoms with van der Waals surface area (Å²) < 4.78 is 37.3. The minimum Gasteiger partial charge on any atom is -0.442 e. The zero-order valence-electron chi connectivity index (χ0n) is 10.9. The number of halogens is 3. The molecule has 0 bridgehead atoms.